The van der Waals surface area contributed by atoms with Crippen molar-refractivity contribution in [1.29, 1.82) is 0 Å². The number of carbonyl (C=O) groups excluding carboxylic acids is 1. The summed E-state index contributed by atoms with van der Waals surface area (Å²) >= 11 is 0. The molecule has 0 aliphatic carbocycles. The number of nitrogens with zero attached hydrogens (tertiary/aromatic N) is 3. The first kappa shape index (κ1) is 14.1. The number of Topliss-reactive ketones (excluding diaryl/α,β-unsaturated/α-hetero) is 1. The number of rotatable bonds is 5. The topological polar surface area (TPSA) is 93.9 Å². The highest BCUT2D eigenvalue weighted by Crippen LogP contribution is 2.07. The monoisotopic (exact) mass is 286 g/mol. The average Bonchev–Trinajstić information content (AvgIpc) is 2.74. The zero-order valence-electron chi connectivity index (χ0n) is 10.9. The number of sulfone groups is 1. The van der Waals surface area contributed by atoms with Crippen molar-refractivity contribution in [3.8, 4) is 0 Å². The number of nitrogens with one attached hydrogen (secondary N) is 1. The Morgan fingerprint density at radius 2 is 2.37 bits per heavy atom. The van der Waals surface area contributed by atoms with Gasteiger partial charge in [-0.25, -0.2) is 18.1 Å². The van der Waals surface area contributed by atoms with E-state index in [0.29, 0.717) is 18.9 Å². The quantitative estimate of drug-likeness (QED) is 0.760. The van der Waals surface area contributed by atoms with Crippen LogP contribution in [0.2, 0.25) is 0 Å². The molecule has 0 bridgehead atoms. The third-order valence-corrected chi connectivity index (χ3v) is 4.86. The lowest BCUT2D eigenvalue weighted by atomic mass is 10.1. The van der Waals surface area contributed by atoms with E-state index >= 15 is 0 Å². The largest absolute Gasteiger partial charge is 0.312 e. The molecule has 2 rings (SSSR count). The highest BCUT2D eigenvalue weighted by Gasteiger charge is 2.26. The number of ketones is 1. The van der Waals surface area contributed by atoms with Gasteiger partial charge in [0.2, 0.25) is 0 Å². The van der Waals surface area contributed by atoms with E-state index in [1.54, 1.807) is 4.68 Å². The second-order valence-electron chi connectivity index (χ2n) is 4.68. The molecule has 0 saturated carbocycles. The van der Waals surface area contributed by atoms with Crippen molar-refractivity contribution in [2.24, 2.45) is 0 Å². The van der Waals surface area contributed by atoms with Crippen molar-refractivity contribution in [2.45, 2.75) is 32.4 Å². The fourth-order valence-electron chi connectivity index (χ4n) is 2.21. The Morgan fingerprint density at radius 3 is 3.05 bits per heavy atom. The van der Waals surface area contributed by atoms with E-state index in [0.717, 1.165) is 0 Å². The van der Waals surface area contributed by atoms with Gasteiger partial charge in [0.05, 0.1) is 17.9 Å². The van der Waals surface area contributed by atoms with Crippen LogP contribution < -0.4 is 5.32 Å². The van der Waals surface area contributed by atoms with Crippen molar-refractivity contribution < 1.29 is 13.2 Å². The molecule has 1 aliphatic heterocycles. The van der Waals surface area contributed by atoms with Crippen LogP contribution in [0.15, 0.2) is 6.33 Å². The van der Waals surface area contributed by atoms with Gasteiger partial charge in [0.25, 0.3) is 0 Å². The maximum atomic E-state index is 11.9. The Morgan fingerprint density at radius 1 is 1.58 bits per heavy atom. The first-order chi connectivity index (χ1) is 9.00. The molecule has 0 amide bonds. The minimum Gasteiger partial charge on any atom is -0.312 e. The lowest BCUT2D eigenvalue weighted by molar-refractivity contribution is -0.119. The van der Waals surface area contributed by atoms with Gasteiger partial charge in [0.1, 0.15) is 17.9 Å². The highest BCUT2D eigenvalue weighted by molar-refractivity contribution is 7.91. The molecule has 1 aromatic rings. The molecule has 2 heterocycles. The smallest absolute Gasteiger partial charge is 0.153 e. The van der Waals surface area contributed by atoms with Crippen LogP contribution in [-0.4, -0.2) is 53.1 Å². The van der Waals surface area contributed by atoms with Crippen LogP contribution in [0, 0.1) is 0 Å². The van der Waals surface area contributed by atoms with Gasteiger partial charge in [-0.1, -0.05) is 0 Å². The lowest BCUT2D eigenvalue weighted by Crippen LogP contribution is -2.46. The fraction of sp³-hybridized carbons (Fsp3) is 0.727. The first-order valence-electron chi connectivity index (χ1n) is 6.32. The zero-order valence-corrected chi connectivity index (χ0v) is 11.7. The third-order valence-electron chi connectivity index (χ3n) is 3.13. The van der Waals surface area contributed by atoms with E-state index in [9.17, 15) is 13.2 Å². The molecule has 7 nitrogen and oxygen atoms in total. The number of hydrogen-bond donors (Lipinski definition) is 1. The van der Waals surface area contributed by atoms with Crippen LogP contribution in [0.3, 0.4) is 0 Å². The summed E-state index contributed by atoms with van der Waals surface area (Å²) in [4.78, 5) is 16.0. The molecule has 1 aliphatic rings. The molecule has 106 valence electrons. The molecule has 0 aromatic carbocycles. The fourth-order valence-corrected chi connectivity index (χ4v) is 3.66. The van der Waals surface area contributed by atoms with E-state index in [1.165, 1.54) is 6.33 Å². The van der Waals surface area contributed by atoms with Crippen LogP contribution in [-0.2, 0) is 27.6 Å². The van der Waals surface area contributed by atoms with E-state index in [1.807, 2.05) is 6.92 Å². The second-order valence-corrected chi connectivity index (χ2v) is 6.91. The van der Waals surface area contributed by atoms with Crippen molar-refractivity contribution in [1.82, 2.24) is 20.1 Å². The molecule has 8 heteroatoms. The summed E-state index contributed by atoms with van der Waals surface area (Å²) < 4.78 is 24.6. The Balaban J connectivity index is 1.91. The molecule has 1 atom stereocenters. The molecule has 1 saturated heterocycles. The standard InChI is InChI=1S/C11H18N4O3S/c1-2-15-11(13-8-14-15)6-10(16)5-9-7-19(17,18)4-3-12-9/h8-9,12H,2-7H2,1H3. The molecule has 1 unspecified atom stereocenters. The maximum Gasteiger partial charge on any atom is 0.153 e. The Kier molecular flexibility index (Phi) is 4.31. The predicted molar refractivity (Wildman–Crippen MR) is 69.5 cm³/mol. The van der Waals surface area contributed by atoms with Gasteiger partial charge in [-0.15, -0.1) is 0 Å². The molecular formula is C11H18N4O3S. The molecule has 0 radical (unpaired) electrons. The Bertz CT molecular complexity index is 552. The average molecular weight is 286 g/mol. The number of hydrogen-bond acceptors (Lipinski definition) is 6. The Labute approximate surface area is 112 Å². The van der Waals surface area contributed by atoms with Crippen molar-refractivity contribution in [3.63, 3.8) is 0 Å². The van der Waals surface area contributed by atoms with Crippen LogP contribution in [0.5, 0.6) is 0 Å². The van der Waals surface area contributed by atoms with Gasteiger partial charge in [-0.05, 0) is 6.92 Å². The molecular weight excluding hydrogens is 268 g/mol. The number of carbonyl (C=O) groups is 1. The summed E-state index contributed by atoms with van der Waals surface area (Å²) in [6.07, 6.45) is 1.84. The summed E-state index contributed by atoms with van der Waals surface area (Å²) in [5.41, 5.74) is 0. The summed E-state index contributed by atoms with van der Waals surface area (Å²) in [5.74, 6) is 0.810. The summed E-state index contributed by atoms with van der Waals surface area (Å²) in [6, 6.07) is -0.274. The van der Waals surface area contributed by atoms with Crippen molar-refractivity contribution in [2.75, 3.05) is 18.1 Å². The van der Waals surface area contributed by atoms with Gasteiger partial charge >= 0.3 is 0 Å². The van der Waals surface area contributed by atoms with Gasteiger partial charge < -0.3 is 5.32 Å². The van der Waals surface area contributed by atoms with E-state index in [2.05, 4.69) is 15.4 Å². The van der Waals surface area contributed by atoms with Crippen LogP contribution in [0.25, 0.3) is 0 Å². The van der Waals surface area contributed by atoms with E-state index in [4.69, 9.17) is 0 Å². The summed E-state index contributed by atoms with van der Waals surface area (Å²) in [7, 11) is -3.00. The SMILES string of the molecule is CCn1ncnc1CC(=O)CC1CS(=O)(=O)CCN1. The van der Waals surface area contributed by atoms with Crippen LogP contribution in [0.4, 0.5) is 0 Å². The van der Waals surface area contributed by atoms with Crippen molar-refractivity contribution >= 4 is 15.6 Å². The van der Waals surface area contributed by atoms with Gasteiger partial charge in [-0.3, -0.25) is 4.79 Å². The Hall–Kier alpha value is -1.28. The molecule has 1 aromatic heterocycles. The minimum atomic E-state index is -3.00. The van der Waals surface area contributed by atoms with Gasteiger partial charge in [-0.2, -0.15) is 5.10 Å². The normalized spacial score (nSPS) is 22.3. The van der Waals surface area contributed by atoms with Crippen molar-refractivity contribution in [3.05, 3.63) is 12.2 Å². The third kappa shape index (κ3) is 3.84. The summed E-state index contributed by atoms with van der Waals surface area (Å²) in [5, 5.41) is 7.07. The lowest BCUT2D eigenvalue weighted by Gasteiger charge is -2.22. The molecule has 1 N–H and O–H groups in total. The highest BCUT2D eigenvalue weighted by atomic mass is 32.2. The zero-order chi connectivity index (χ0) is 13.9. The number of aryl methyl sites for hydroxylation is 1. The second kappa shape index (κ2) is 5.79. The molecule has 19 heavy (non-hydrogen) atoms. The predicted octanol–water partition coefficient (Wildman–Crippen LogP) is -0.814. The summed E-state index contributed by atoms with van der Waals surface area (Å²) in [6.45, 7) is 3.02. The number of aromatic nitrogens is 3. The van der Waals surface area contributed by atoms with Gasteiger partial charge in [0.15, 0.2) is 9.84 Å². The molecule has 0 spiro atoms. The maximum absolute atomic E-state index is 11.9. The molecule has 1 fully saturated rings. The minimum absolute atomic E-state index is 0.0164. The van der Waals surface area contributed by atoms with E-state index in [-0.39, 0.29) is 36.2 Å². The van der Waals surface area contributed by atoms with Crippen LogP contribution >= 0.6 is 0 Å². The first-order valence-corrected chi connectivity index (χ1v) is 8.14. The van der Waals surface area contributed by atoms with E-state index < -0.39 is 9.84 Å². The van der Waals surface area contributed by atoms with Crippen LogP contribution in [0.1, 0.15) is 19.2 Å². The van der Waals surface area contributed by atoms with Gasteiger partial charge in [0, 0.05) is 25.6 Å².